The van der Waals surface area contributed by atoms with Gasteiger partial charge in [-0.25, -0.2) is 0 Å². The van der Waals surface area contributed by atoms with Crippen LogP contribution >= 0.6 is 0 Å². The maximum absolute atomic E-state index is 10.8. The number of carboxylic acids is 1. The van der Waals surface area contributed by atoms with Crippen molar-refractivity contribution in [3.63, 3.8) is 0 Å². The van der Waals surface area contributed by atoms with Gasteiger partial charge in [0.15, 0.2) is 0 Å². The van der Waals surface area contributed by atoms with E-state index in [0.29, 0.717) is 0 Å². The van der Waals surface area contributed by atoms with Crippen LogP contribution in [0.3, 0.4) is 0 Å². The fourth-order valence-electron chi connectivity index (χ4n) is 1.84. The van der Waals surface area contributed by atoms with Crippen LogP contribution in [0, 0.1) is 6.92 Å². The topological polar surface area (TPSA) is 58.6 Å². The van der Waals surface area contributed by atoms with E-state index in [4.69, 9.17) is 9.84 Å². The largest absolute Gasteiger partial charge is 0.491 e. The molecule has 0 heterocycles. The molecule has 0 bridgehead atoms. The van der Waals surface area contributed by atoms with Crippen molar-refractivity contribution < 1.29 is 14.6 Å². The van der Waals surface area contributed by atoms with Crippen molar-refractivity contribution in [1.29, 1.82) is 0 Å². The Morgan fingerprint density at radius 2 is 2.11 bits per heavy atom. The van der Waals surface area contributed by atoms with Crippen LogP contribution in [0.15, 0.2) is 18.2 Å². The molecule has 0 amide bonds. The van der Waals surface area contributed by atoms with Gasteiger partial charge in [-0.3, -0.25) is 4.79 Å². The zero-order valence-electron chi connectivity index (χ0n) is 11.4. The molecule has 0 radical (unpaired) electrons. The molecule has 0 fully saturated rings. The molecule has 18 heavy (non-hydrogen) atoms. The number of aryl methyl sites for hydroxylation is 1. The highest BCUT2D eigenvalue weighted by atomic mass is 16.5. The van der Waals surface area contributed by atoms with Gasteiger partial charge >= 0.3 is 5.97 Å². The zero-order chi connectivity index (χ0) is 13.7. The van der Waals surface area contributed by atoms with Crippen LogP contribution in [0.5, 0.6) is 5.75 Å². The highest BCUT2D eigenvalue weighted by Crippen LogP contribution is 2.25. The number of aliphatic carboxylic acids is 1. The molecule has 0 aliphatic carbocycles. The van der Waals surface area contributed by atoms with E-state index in [1.807, 2.05) is 39.0 Å². The fourth-order valence-corrected chi connectivity index (χ4v) is 1.84. The minimum absolute atomic E-state index is 0.0698. The Kier molecular flexibility index (Phi) is 5.16. The van der Waals surface area contributed by atoms with E-state index in [1.54, 1.807) is 7.05 Å². The van der Waals surface area contributed by atoms with Crippen LogP contribution in [-0.4, -0.2) is 24.2 Å². The van der Waals surface area contributed by atoms with Crippen molar-refractivity contribution in [1.82, 2.24) is 5.32 Å². The summed E-state index contributed by atoms with van der Waals surface area (Å²) in [6.45, 7) is 5.93. The Bertz CT molecular complexity index is 416. The van der Waals surface area contributed by atoms with Crippen LogP contribution < -0.4 is 10.1 Å². The summed E-state index contributed by atoms with van der Waals surface area (Å²) in [5.41, 5.74) is 1.99. The lowest BCUT2D eigenvalue weighted by molar-refractivity contribution is -0.137. The van der Waals surface area contributed by atoms with Crippen molar-refractivity contribution in [2.24, 2.45) is 0 Å². The van der Waals surface area contributed by atoms with E-state index < -0.39 is 5.97 Å². The summed E-state index contributed by atoms with van der Waals surface area (Å²) in [5, 5.41) is 11.9. The van der Waals surface area contributed by atoms with E-state index in [1.165, 1.54) is 0 Å². The summed E-state index contributed by atoms with van der Waals surface area (Å²) in [6, 6.07) is 5.61. The molecule has 1 atom stereocenters. The van der Waals surface area contributed by atoms with Crippen molar-refractivity contribution in [2.45, 2.75) is 39.3 Å². The second-order valence-corrected chi connectivity index (χ2v) is 4.63. The van der Waals surface area contributed by atoms with Gasteiger partial charge in [-0.1, -0.05) is 12.1 Å². The minimum Gasteiger partial charge on any atom is -0.491 e. The van der Waals surface area contributed by atoms with Gasteiger partial charge in [0.2, 0.25) is 0 Å². The Morgan fingerprint density at radius 3 is 2.56 bits per heavy atom. The highest BCUT2D eigenvalue weighted by Gasteiger charge is 2.14. The summed E-state index contributed by atoms with van der Waals surface area (Å²) in [5.74, 6) is 0.0356. The quantitative estimate of drug-likeness (QED) is 0.815. The molecule has 4 heteroatoms. The smallest absolute Gasteiger partial charge is 0.305 e. The predicted octanol–water partition coefficient (Wildman–Crippen LogP) is 2.52. The first kappa shape index (κ1) is 14.5. The molecule has 0 aromatic heterocycles. The van der Waals surface area contributed by atoms with Crippen molar-refractivity contribution in [3.8, 4) is 5.75 Å². The number of carbonyl (C=O) groups is 1. The molecule has 1 unspecified atom stereocenters. The third-order valence-electron chi connectivity index (χ3n) is 2.69. The van der Waals surface area contributed by atoms with Crippen LogP contribution in [0.2, 0.25) is 0 Å². The van der Waals surface area contributed by atoms with E-state index in [0.717, 1.165) is 16.9 Å². The molecule has 1 rings (SSSR count). The average molecular weight is 251 g/mol. The molecular weight excluding hydrogens is 230 g/mol. The summed E-state index contributed by atoms with van der Waals surface area (Å²) in [6.07, 6.45) is 0.203. The molecule has 4 nitrogen and oxygen atoms in total. The number of rotatable bonds is 6. The maximum Gasteiger partial charge on any atom is 0.305 e. The maximum atomic E-state index is 10.8. The second-order valence-electron chi connectivity index (χ2n) is 4.63. The van der Waals surface area contributed by atoms with Crippen LogP contribution in [0.4, 0.5) is 0 Å². The summed E-state index contributed by atoms with van der Waals surface area (Å²) in [4.78, 5) is 10.8. The van der Waals surface area contributed by atoms with Crippen LogP contribution in [-0.2, 0) is 4.79 Å². The van der Waals surface area contributed by atoms with Gasteiger partial charge in [0.25, 0.3) is 0 Å². The molecule has 2 N–H and O–H groups in total. The van der Waals surface area contributed by atoms with Gasteiger partial charge in [-0.2, -0.15) is 0 Å². The number of hydrogen-bond donors (Lipinski definition) is 2. The molecule has 0 aliphatic heterocycles. The van der Waals surface area contributed by atoms with Gasteiger partial charge in [0, 0.05) is 6.04 Å². The lowest BCUT2D eigenvalue weighted by atomic mass is 10.0. The van der Waals surface area contributed by atoms with Crippen molar-refractivity contribution in [2.75, 3.05) is 7.05 Å². The predicted molar refractivity (Wildman–Crippen MR) is 71.0 cm³/mol. The van der Waals surface area contributed by atoms with Crippen molar-refractivity contribution >= 4 is 5.97 Å². The zero-order valence-corrected chi connectivity index (χ0v) is 11.4. The van der Waals surface area contributed by atoms with Crippen molar-refractivity contribution in [3.05, 3.63) is 29.3 Å². The van der Waals surface area contributed by atoms with E-state index in [2.05, 4.69) is 5.32 Å². The molecule has 1 aromatic rings. The Morgan fingerprint density at radius 1 is 1.44 bits per heavy atom. The Labute approximate surface area is 108 Å². The minimum atomic E-state index is -0.811. The molecule has 100 valence electrons. The lowest BCUT2D eigenvalue weighted by Gasteiger charge is -2.17. The van der Waals surface area contributed by atoms with Gasteiger partial charge < -0.3 is 15.2 Å². The third kappa shape index (κ3) is 4.04. The molecular formula is C14H21NO3. The molecule has 0 spiro atoms. The number of ether oxygens (including phenoxy) is 1. The Hall–Kier alpha value is -1.55. The monoisotopic (exact) mass is 251 g/mol. The summed E-state index contributed by atoms with van der Waals surface area (Å²) >= 11 is 0. The van der Waals surface area contributed by atoms with E-state index in [9.17, 15) is 4.79 Å². The van der Waals surface area contributed by atoms with Gasteiger partial charge in [0.05, 0.1) is 12.5 Å². The number of nitrogens with one attached hydrogen (secondary N) is 1. The number of carboxylic acid groups (broad SMARTS) is 1. The van der Waals surface area contributed by atoms with Crippen LogP contribution in [0.1, 0.15) is 37.4 Å². The van der Waals surface area contributed by atoms with E-state index >= 15 is 0 Å². The average Bonchev–Trinajstić information content (AvgIpc) is 2.28. The van der Waals surface area contributed by atoms with Gasteiger partial charge in [-0.05, 0) is 45.0 Å². The van der Waals surface area contributed by atoms with Gasteiger partial charge in [-0.15, -0.1) is 0 Å². The first-order valence-corrected chi connectivity index (χ1v) is 6.10. The summed E-state index contributed by atoms with van der Waals surface area (Å²) in [7, 11) is 1.77. The standard InChI is InChI=1S/C14H21NO3/c1-9(2)18-13-6-5-11(7-10(13)3)12(15-4)8-14(16)17/h5-7,9,12,15H,8H2,1-4H3,(H,16,17). The highest BCUT2D eigenvalue weighted by molar-refractivity contribution is 5.68. The van der Waals surface area contributed by atoms with E-state index in [-0.39, 0.29) is 18.6 Å². The molecule has 1 aromatic carbocycles. The molecule has 0 saturated carbocycles. The fraction of sp³-hybridized carbons (Fsp3) is 0.500. The number of benzene rings is 1. The lowest BCUT2D eigenvalue weighted by Crippen LogP contribution is -2.20. The first-order chi connectivity index (χ1) is 8.43. The van der Waals surface area contributed by atoms with Gasteiger partial charge in [0.1, 0.15) is 5.75 Å². The Balaban J connectivity index is 2.91. The molecule has 0 saturated heterocycles. The third-order valence-corrected chi connectivity index (χ3v) is 2.69. The first-order valence-electron chi connectivity index (χ1n) is 6.10. The summed E-state index contributed by atoms with van der Waals surface area (Å²) < 4.78 is 5.66. The van der Waals surface area contributed by atoms with Crippen LogP contribution in [0.25, 0.3) is 0 Å². The molecule has 0 aliphatic rings. The number of hydrogen-bond acceptors (Lipinski definition) is 3. The normalized spacial score (nSPS) is 12.5. The SMILES string of the molecule is CNC(CC(=O)O)c1ccc(OC(C)C)c(C)c1. The second kappa shape index (κ2) is 6.40.